The van der Waals surface area contributed by atoms with Crippen LogP contribution in [0.5, 0.6) is 0 Å². The second-order valence-electron chi connectivity index (χ2n) is 31.9. The van der Waals surface area contributed by atoms with E-state index in [1.807, 2.05) is 0 Å². The Hall–Kier alpha value is -11.5. The van der Waals surface area contributed by atoms with Gasteiger partial charge in [-0.25, -0.2) is 9.97 Å². The Morgan fingerprint density at radius 2 is 0.544 bits per heavy atom. The van der Waals surface area contributed by atoms with E-state index in [1.54, 1.807) is 0 Å². The number of alkyl halides is 6. The Kier molecular flexibility index (Phi) is 23.4. The second-order valence-corrected chi connectivity index (χ2v) is 31.9. The summed E-state index contributed by atoms with van der Waals surface area (Å²) in [6.45, 7) is 7.66. The van der Waals surface area contributed by atoms with Gasteiger partial charge in [0.05, 0.1) is 33.9 Å². The van der Waals surface area contributed by atoms with Gasteiger partial charge in [0.15, 0.2) is 120 Å². The number of hydrogen-bond acceptors (Lipinski definition) is 29. The van der Waals surface area contributed by atoms with Crippen molar-refractivity contribution in [1.29, 1.82) is 0 Å². The van der Waals surface area contributed by atoms with Gasteiger partial charge in [-0.1, -0.05) is 54.6 Å². The molecule has 8 heterocycles. The molecule has 31 nitrogen and oxygen atoms in total. The lowest BCUT2D eigenvalue weighted by Gasteiger charge is -2.58. The first-order valence-electron chi connectivity index (χ1n) is 38.2. The van der Waals surface area contributed by atoms with Crippen molar-refractivity contribution in [3.63, 3.8) is 0 Å². The number of carbonyl (C=O) groups excluding carboxylic acids is 12. The molecule has 5 aliphatic heterocycles. The molecule has 658 valence electrons. The van der Waals surface area contributed by atoms with E-state index < -0.39 is 232 Å². The van der Waals surface area contributed by atoms with Gasteiger partial charge >= 0.3 is 12.4 Å². The monoisotopic (exact) mass is 1740 g/mol. The molecule has 0 radical (unpaired) electrons. The van der Waals surface area contributed by atoms with Gasteiger partial charge in [0, 0.05) is 44.3 Å². The lowest BCUT2D eigenvalue weighted by molar-refractivity contribution is -0.329. The zero-order chi connectivity index (χ0) is 93.0. The summed E-state index contributed by atoms with van der Waals surface area (Å²) in [5, 5.41) is 149. The molecule has 7 aromatic rings. The SMILES string of the molecule is CC(=O)C(O)[C@H]1O[C@@H](c2cccc(-c3c4nc(c(-c5cccc([C@@H]6O[C@H](C(O)C(C)=O)[C@](O)(C(C)=O)[C@@](O)(C(C)=O)[C@]6(O)C(C)=O)c5)c5ccc([nH]5)c(-c5cc(C(F)(F)F)cc(C(F)(F)F)c5)c5nc(c(-c6cccc([C@@H]7O[C@H](C(O)C(C)=O)[C@](O)(C(C)=O)[C@@](O)(C(C)=O)[C@]7(O)C(C)=O)c6)c6ccc3[nH]6)C=C5)C=C4)c2)[C@@](O)(C(C)=O)[C@](O)(C(C)=O)[C@@]1(O)C(C)=O. The number of aromatic nitrogens is 4. The molecule has 4 aromatic carbocycles. The van der Waals surface area contributed by atoms with Crippen molar-refractivity contribution in [3.8, 4) is 44.5 Å². The van der Waals surface area contributed by atoms with Crippen LogP contribution in [0.3, 0.4) is 0 Å². The van der Waals surface area contributed by atoms with Gasteiger partial charge in [-0.05, 0) is 207 Å². The van der Waals surface area contributed by atoms with Gasteiger partial charge in [-0.3, -0.25) is 57.5 Å². The highest BCUT2D eigenvalue weighted by molar-refractivity contribution is 6.10. The van der Waals surface area contributed by atoms with Crippen LogP contribution in [-0.2, 0) is 84.1 Å². The Bertz CT molecular complexity index is 5930. The Balaban J connectivity index is 1.26. The molecule has 3 saturated heterocycles. The number of ether oxygens (including phenoxy) is 3. The number of halogens is 6. The fraction of sp³-hybridized carbons (Fsp3) is 0.364. The minimum absolute atomic E-state index is 0.125. The van der Waals surface area contributed by atoms with Gasteiger partial charge in [-0.2, -0.15) is 26.3 Å². The maximum Gasteiger partial charge on any atom is 0.416 e. The third-order valence-corrected chi connectivity index (χ3v) is 24.5. The molecule has 0 aliphatic carbocycles. The number of Topliss-reactive ketones (excluding diaryl/α,β-unsaturated/α-hetero) is 12. The van der Waals surface area contributed by atoms with Crippen molar-refractivity contribution in [2.45, 2.75) is 201 Å². The first-order valence-corrected chi connectivity index (χ1v) is 38.2. The predicted octanol–water partition coefficient (Wildman–Crippen LogP) is 5.41. The maximum absolute atomic E-state index is 15.3. The summed E-state index contributed by atoms with van der Waals surface area (Å²) in [4.78, 5) is 182. The highest BCUT2D eigenvalue weighted by atomic mass is 19.4. The lowest BCUT2D eigenvalue weighted by atomic mass is 9.57. The summed E-state index contributed by atoms with van der Waals surface area (Å²) in [5.41, 5.74) is -44.5. The largest absolute Gasteiger partial charge is 0.416 e. The summed E-state index contributed by atoms with van der Waals surface area (Å²) < 4.78 is 110. The van der Waals surface area contributed by atoms with Crippen LogP contribution in [0.4, 0.5) is 26.3 Å². The molecule has 3 aromatic heterocycles. The Morgan fingerprint density at radius 3 is 0.744 bits per heavy atom. The van der Waals surface area contributed by atoms with Crippen LogP contribution < -0.4 is 0 Å². The van der Waals surface area contributed by atoms with Crippen LogP contribution in [0, 0.1) is 0 Å². The molecule has 0 amide bonds. The fourth-order valence-electron chi connectivity index (χ4n) is 18.0. The number of nitrogens with zero attached hydrogens (tertiary/aromatic N) is 2. The normalized spacial score (nSPS) is 29.3. The fourth-order valence-corrected chi connectivity index (χ4v) is 18.0. The molecular weight excluding hydrogens is 1660 g/mol. The van der Waals surface area contributed by atoms with Crippen LogP contribution in [0.1, 0.15) is 152 Å². The van der Waals surface area contributed by atoms with Crippen molar-refractivity contribution in [3.05, 3.63) is 166 Å². The highest BCUT2D eigenvalue weighted by Crippen LogP contribution is 2.58. The molecule has 14 N–H and O–H groups in total. The van der Waals surface area contributed by atoms with Crippen LogP contribution in [-0.4, -0.2) is 238 Å². The second kappa shape index (κ2) is 31.6. The van der Waals surface area contributed by atoms with Crippen LogP contribution in [0.15, 0.2) is 115 Å². The topological polar surface area (TPSA) is 533 Å². The number of hydrogen-bond donors (Lipinski definition) is 14. The van der Waals surface area contributed by atoms with Crippen molar-refractivity contribution >= 4 is 116 Å². The summed E-state index contributed by atoms with van der Waals surface area (Å²) in [6.07, 6.45) is -29.6. The van der Waals surface area contributed by atoms with Gasteiger partial charge in [0.1, 0.15) is 54.9 Å². The van der Waals surface area contributed by atoms with Crippen molar-refractivity contribution in [2.75, 3.05) is 0 Å². The third-order valence-electron chi connectivity index (χ3n) is 24.5. The predicted molar refractivity (Wildman–Crippen MR) is 424 cm³/mol. The molecule has 3 fully saturated rings. The van der Waals surface area contributed by atoms with E-state index in [-0.39, 0.29) is 78.6 Å². The number of nitrogens with one attached hydrogen (secondary N) is 2. The number of carbonyl (C=O) groups is 12. The van der Waals surface area contributed by atoms with Gasteiger partial charge in [0.25, 0.3) is 0 Å². The number of aliphatic hydroxyl groups is 12. The van der Waals surface area contributed by atoms with E-state index in [0.717, 1.165) is 63.2 Å². The van der Waals surface area contributed by atoms with Gasteiger partial charge in [0.2, 0.25) is 0 Å². The number of benzene rings is 4. The summed E-state index contributed by atoms with van der Waals surface area (Å²) in [7, 11) is 0. The molecule has 3 unspecified atom stereocenters. The molecule has 125 heavy (non-hydrogen) atoms. The molecular formula is C88H82F6N4O27. The smallest absolute Gasteiger partial charge is 0.382 e. The number of H-pyrrole nitrogens is 2. The van der Waals surface area contributed by atoms with E-state index in [4.69, 9.17) is 24.2 Å². The number of fused-ring (bicyclic) bond motifs is 8. The van der Waals surface area contributed by atoms with E-state index in [9.17, 15) is 119 Å². The minimum Gasteiger partial charge on any atom is -0.382 e. The molecule has 0 spiro atoms. The molecule has 12 rings (SSSR count). The molecule has 5 aliphatic rings. The number of ketones is 12. The van der Waals surface area contributed by atoms with Crippen molar-refractivity contribution < 1.29 is 159 Å². The maximum atomic E-state index is 15.3. The summed E-state index contributed by atoms with van der Waals surface area (Å²) in [6, 6.07) is 20.0. The van der Waals surface area contributed by atoms with E-state index in [2.05, 4.69) is 9.97 Å². The van der Waals surface area contributed by atoms with Crippen LogP contribution >= 0.6 is 0 Å². The average molecular weight is 1740 g/mol. The number of aliphatic hydroxyl groups excluding tert-OH is 3. The van der Waals surface area contributed by atoms with Crippen LogP contribution in [0.25, 0.3) is 90.9 Å². The molecule has 0 saturated carbocycles. The number of rotatable bonds is 22. The lowest BCUT2D eigenvalue weighted by Crippen LogP contribution is -2.85. The minimum atomic E-state index is -5.52. The summed E-state index contributed by atoms with van der Waals surface area (Å²) >= 11 is 0. The zero-order valence-corrected chi connectivity index (χ0v) is 68.1. The Morgan fingerprint density at radius 1 is 0.320 bits per heavy atom. The number of aromatic amines is 2. The zero-order valence-electron chi connectivity index (χ0n) is 68.1. The third kappa shape index (κ3) is 13.5. The first kappa shape index (κ1) is 92.7. The Labute approximate surface area is 703 Å². The van der Waals surface area contributed by atoms with E-state index in [1.165, 1.54) is 78.9 Å². The quantitative estimate of drug-likeness (QED) is 0.0377. The van der Waals surface area contributed by atoms with Gasteiger partial charge in [-0.15, -0.1) is 0 Å². The van der Waals surface area contributed by atoms with Crippen molar-refractivity contribution in [2.24, 2.45) is 0 Å². The highest BCUT2D eigenvalue weighted by Gasteiger charge is 2.82. The molecule has 37 heteroatoms. The van der Waals surface area contributed by atoms with Crippen molar-refractivity contribution in [1.82, 2.24) is 19.9 Å². The molecule has 18 atom stereocenters. The van der Waals surface area contributed by atoms with Crippen LogP contribution in [0.2, 0.25) is 0 Å². The summed E-state index contributed by atoms with van der Waals surface area (Å²) in [5.74, 6) is -18.3. The van der Waals surface area contributed by atoms with E-state index in [0.29, 0.717) is 74.4 Å². The van der Waals surface area contributed by atoms with E-state index >= 15 is 26.3 Å². The first-order chi connectivity index (χ1) is 57.8. The molecule has 8 bridgehead atoms. The average Bonchev–Trinajstić information content (AvgIpc) is 0.821. The van der Waals surface area contributed by atoms with Gasteiger partial charge < -0.3 is 85.5 Å². The standard InChI is InChI=1S/C88H82F6N4O27/c1-36(99)69(111)75-81(117,42(7)105)84(120,45(10)108)78(114,39(4)102)72(123-75)51-19-13-16-48(30-51)65-57-22-24-59(95-57)66(49-17-14-20-52(31-49)73-79(115,40(5)103)85(121,46(11)109)82(118,43(8)106)76(124-73)70(112)37(2)100)61-26-28-63(97-61)68(54-33-55(87(89,90)91)35-56(34-54)88(92,93)94)64-29-27-62(98-64)67(60-25-23-58(65)96-60)50-18-15-21-53(32-50)74-80(116,41(6)104)86(122,47(12)110)83(119,44(9)107)77(125-74)71(113)38(3)101/h13-35,69-77,95,98,111-122H,1-12H3/t69?,70?,71?,72-,73-,74-,75+,76+,77+,78-,79-,80-,81+,82+,83+,84+,85+,86+/m0/s1.